The van der Waals surface area contributed by atoms with Gasteiger partial charge in [0.05, 0.1) is 11.9 Å². The number of anilines is 1. The second-order valence-electron chi connectivity index (χ2n) is 4.11. The average molecular weight is 208 g/mol. The highest BCUT2D eigenvalue weighted by atomic mass is 16.2. The number of hydrogen-bond donors (Lipinski definition) is 2. The van der Waals surface area contributed by atoms with E-state index < -0.39 is 0 Å². The summed E-state index contributed by atoms with van der Waals surface area (Å²) < 4.78 is 0. The van der Waals surface area contributed by atoms with Crippen LogP contribution in [0.25, 0.3) is 0 Å². The molecule has 5 nitrogen and oxygen atoms in total. The summed E-state index contributed by atoms with van der Waals surface area (Å²) in [4.78, 5) is 13.6. The number of nitrogens with zero attached hydrogens (tertiary/aromatic N) is 2. The van der Waals surface area contributed by atoms with Crippen LogP contribution in [0, 0.1) is 5.92 Å². The average Bonchev–Trinajstić information content (AvgIpc) is 2.70. The Labute approximate surface area is 88.8 Å². The summed E-state index contributed by atoms with van der Waals surface area (Å²) in [6.45, 7) is 3.88. The van der Waals surface area contributed by atoms with Crippen LogP contribution >= 0.6 is 0 Å². The van der Waals surface area contributed by atoms with Gasteiger partial charge in [-0.3, -0.25) is 5.10 Å². The van der Waals surface area contributed by atoms with Crippen molar-refractivity contribution < 1.29 is 4.79 Å². The smallest absolute Gasteiger partial charge is 0.321 e. The van der Waals surface area contributed by atoms with Gasteiger partial charge in [-0.15, -0.1) is 0 Å². The second-order valence-corrected chi connectivity index (χ2v) is 4.11. The fourth-order valence-corrected chi connectivity index (χ4v) is 1.90. The highest BCUT2D eigenvalue weighted by Gasteiger charge is 2.20. The quantitative estimate of drug-likeness (QED) is 0.737. The number of nitrogens with one attached hydrogen (secondary N) is 2. The molecule has 1 atom stereocenters. The van der Waals surface area contributed by atoms with E-state index in [0.717, 1.165) is 25.2 Å². The van der Waals surface area contributed by atoms with Crippen LogP contribution in [0.5, 0.6) is 0 Å². The third kappa shape index (κ3) is 2.49. The molecule has 1 saturated heterocycles. The zero-order valence-corrected chi connectivity index (χ0v) is 8.86. The molecule has 2 rings (SSSR count). The van der Waals surface area contributed by atoms with Crippen LogP contribution in [-0.2, 0) is 0 Å². The van der Waals surface area contributed by atoms with Gasteiger partial charge in [0.1, 0.15) is 0 Å². The Morgan fingerprint density at radius 3 is 3.27 bits per heavy atom. The molecule has 1 aromatic heterocycles. The van der Waals surface area contributed by atoms with E-state index in [1.54, 1.807) is 12.4 Å². The summed E-state index contributed by atoms with van der Waals surface area (Å²) in [5, 5.41) is 9.25. The number of urea groups is 1. The van der Waals surface area contributed by atoms with E-state index >= 15 is 0 Å². The maximum absolute atomic E-state index is 11.8. The van der Waals surface area contributed by atoms with Gasteiger partial charge < -0.3 is 10.2 Å². The van der Waals surface area contributed by atoms with Crippen molar-refractivity contribution >= 4 is 11.7 Å². The lowest BCUT2D eigenvalue weighted by atomic mass is 10.0. The number of H-pyrrole nitrogens is 1. The molecule has 1 unspecified atom stereocenters. The highest BCUT2D eigenvalue weighted by Crippen LogP contribution is 2.16. The normalized spacial score (nSPS) is 21.4. The number of aromatic nitrogens is 2. The monoisotopic (exact) mass is 208 g/mol. The number of hydrogen-bond acceptors (Lipinski definition) is 2. The van der Waals surface area contributed by atoms with Gasteiger partial charge >= 0.3 is 6.03 Å². The lowest BCUT2D eigenvalue weighted by Gasteiger charge is -2.30. The molecule has 1 fully saturated rings. The number of carbonyl (C=O) groups is 1. The van der Waals surface area contributed by atoms with Crippen molar-refractivity contribution in [2.45, 2.75) is 19.8 Å². The van der Waals surface area contributed by atoms with E-state index in [1.807, 2.05) is 4.90 Å². The molecule has 1 aliphatic heterocycles. The van der Waals surface area contributed by atoms with E-state index in [1.165, 1.54) is 6.42 Å². The minimum Gasteiger partial charge on any atom is -0.324 e. The highest BCUT2D eigenvalue weighted by molar-refractivity contribution is 5.89. The van der Waals surface area contributed by atoms with Crippen molar-refractivity contribution in [1.29, 1.82) is 0 Å². The summed E-state index contributed by atoms with van der Waals surface area (Å²) in [6.07, 6.45) is 5.59. The van der Waals surface area contributed by atoms with E-state index in [2.05, 4.69) is 22.4 Å². The van der Waals surface area contributed by atoms with Gasteiger partial charge in [-0.1, -0.05) is 6.92 Å². The van der Waals surface area contributed by atoms with Crippen LogP contribution in [0.1, 0.15) is 19.8 Å². The SMILES string of the molecule is CC1CCCN(C(=O)Nc2cn[nH]c2)C1. The fraction of sp³-hybridized carbons (Fsp3) is 0.600. The molecule has 0 spiro atoms. The molecule has 82 valence electrons. The van der Waals surface area contributed by atoms with Crippen LogP contribution in [0.15, 0.2) is 12.4 Å². The molecule has 15 heavy (non-hydrogen) atoms. The Kier molecular flexibility index (Phi) is 2.89. The number of likely N-dealkylation sites (tertiary alicyclic amines) is 1. The van der Waals surface area contributed by atoms with Gasteiger partial charge in [-0.2, -0.15) is 5.10 Å². The van der Waals surface area contributed by atoms with E-state index in [4.69, 9.17) is 0 Å². The Morgan fingerprint density at radius 1 is 1.73 bits per heavy atom. The van der Waals surface area contributed by atoms with Crippen molar-refractivity contribution in [1.82, 2.24) is 15.1 Å². The molecule has 5 heteroatoms. The van der Waals surface area contributed by atoms with Crippen molar-refractivity contribution in [3.05, 3.63) is 12.4 Å². The Balaban J connectivity index is 1.90. The third-order valence-electron chi connectivity index (χ3n) is 2.69. The predicted octanol–water partition coefficient (Wildman–Crippen LogP) is 1.67. The maximum atomic E-state index is 11.8. The number of piperidine rings is 1. The van der Waals surface area contributed by atoms with Crippen LogP contribution in [0.3, 0.4) is 0 Å². The van der Waals surface area contributed by atoms with E-state index in [0.29, 0.717) is 5.92 Å². The molecule has 0 radical (unpaired) electrons. The van der Waals surface area contributed by atoms with Crippen LogP contribution < -0.4 is 5.32 Å². The summed E-state index contributed by atoms with van der Waals surface area (Å²) in [6, 6.07) is -0.0250. The minimum absolute atomic E-state index is 0.0250. The summed E-state index contributed by atoms with van der Waals surface area (Å²) >= 11 is 0. The first-order valence-electron chi connectivity index (χ1n) is 5.30. The maximum Gasteiger partial charge on any atom is 0.321 e. The zero-order chi connectivity index (χ0) is 10.7. The van der Waals surface area contributed by atoms with Crippen molar-refractivity contribution in [3.63, 3.8) is 0 Å². The van der Waals surface area contributed by atoms with Crippen molar-refractivity contribution in [3.8, 4) is 0 Å². The first kappa shape index (κ1) is 10.0. The Bertz CT molecular complexity index is 322. The second kappa shape index (κ2) is 4.33. The molecule has 0 aliphatic carbocycles. The Hall–Kier alpha value is -1.52. The van der Waals surface area contributed by atoms with Gasteiger partial charge in [-0.05, 0) is 18.8 Å². The fourth-order valence-electron chi connectivity index (χ4n) is 1.90. The van der Waals surface area contributed by atoms with Crippen LogP contribution in [0.4, 0.5) is 10.5 Å². The molecule has 1 aromatic rings. The first-order chi connectivity index (χ1) is 7.25. The van der Waals surface area contributed by atoms with E-state index in [9.17, 15) is 4.79 Å². The first-order valence-corrected chi connectivity index (χ1v) is 5.30. The lowest BCUT2D eigenvalue weighted by molar-refractivity contribution is 0.182. The summed E-state index contributed by atoms with van der Waals surface area (Å²) in [5.74, 6) is 0.605. The molecule has 2 N–H and O–H groups in total. The molecule has 2 amide bonds. The van der Waals surface area contributed by atoms with E-state index in [-0.39, 0.29) is 6.03 Å². The molecule has 0 aromatic carbocycles. The molecular formula is C10H16N4O. The van der Waals surface area contributed by atoms with Gasteiger partial charge in [0, 0.05) is 19.3 Å². The number of rotatable bonds is 1. The molecule has 1 aliphatic rings. The standard InChI is InChI=1S/C10H16N4O/c1-8-3-2-4-14(7-8)10(15)13-9-5-11-12-6-9/h5-6,8H,2-4,7H2,1H3,(H,11,12)(H,13,15). The van der Waals surface area contributed by atoms with Crippen LogP contribution in [0.2, 0.25) is 0 Å². The summed E-state index contributed by atoms with van der Waals surface area (Å²) in [5.41, 5.74) is 0.721. The lowest BCUT2D eigenvalue weighted by Crippen LogP contribution is -2.41. The van der Waals surface area contributed by atoms with Gasteiger partial charge in [-0.25, -0.2) is 4.79 Å². The Morgan fingerprint density at radius 2 is 2.60 bits per heavy atom. The third-order valence-corrected chi connectivity index (χ3v) is 2.69. The van der Waals surface area contributed by atoms with Gasteiger partial charge in [0.2, 0.25) is 0 Å². The predicted molar refractivity (Wildman–Crippen MR) is 57.6 cm³/mol. The van der Waals surface area contributed by atoms with Gasteiger partial charge in [0.15, 0.2) is 0 Å². The van der Waals surface area contributed by atoms with Crippen molar-refractivity contribution in [2.24, 2.45) is 5.92 Å². The molecular weight excluding hydrogens is 192 g/mol. The minimum atomic E-state index is -0.0250. The zero-order valence-electron chi connectivity index (χ0n) is 8.86. The van der Waals surface area contributed by atoms with Gasteiger partial charge in [0.25, 0.3) is 0 Å². The molecule has 2 heterocycles. The van der Waals surface area contributed by atoms with Crippen LogP contribution in [-0.4, -0.2) is 34.2 Å². The van der Waals surface area contributed by atoms with Crippen molar-refractivity contribution in [2.75, 3.05) is 18.4 Å². The molecule has 0 bridgehead atoms. The molecule has 0 saturated carbocycles. The largest absolute Gasteiger partial charge is 0.324 e. The summed E-state index contributed by atoms with van der Waals surface area (Å²) in [7, 11) is 0. The topological polar surface area (TPSA) is 61.0 Å². The number of amides is 2. The number of carbonyl (C=O) groups excluding carboxylic acids is 1. The number of aromatic amines is 1.